The molecule has 1 aliphatic rings. The molecule has 0 aliphatic carbocycles. The zero-order chi connectivity index (χ0) is 19.0. The Morgan fingerprint density at radius 3 is 2.24 bits per heavy atom. The molecule has 0 unspecified atom stereocenters. The molecular weight excluding hydrogens is 363 g/mol. The smallest absolute Gasteiger partial charge is 0.368 e. The third-order valence-corrected chi connectivity index (χ3v) is 4.72. The van der Waals surface area contributed by atoms with Gasteiger partial charge in [0.05, 0.1) is 4.90 Å². The average Bonchev–Trinajstić information content (AvgIpc) is 2.44. The van der Waals surface area contributed by atoms with Crippen molar-refractivity contribution in [2.75, 3.05) is 0 Å². The van der Waals surface area contributed by atoms with Crippen LogP contribution in [0.4, 0.5) is 13.2 Å². The zero-order valence-corrected chi connectivity index (χ0v) is 14.1. The Bertz CT molecular complexity index is 816. The van der Waals surface area contributed by atoms with Crippen LogP contribution in [0.2, 0.25) is 0 Å². The van der Waals surface area contributed by atoms with Gasteiger partial charge < -0.3 is 11.5 Å². The quantitative estimate of drug-likeness (QED) is 0.807. The Labute approximate surface area is 141 Å². The summed E-state index contributed by atoms with van der Waals surface area (Å²) in [7, 11) is -5.38. The molecule has 12 heteroatoms. The summed E-state index contributed by atoms with van der Waals surface area (Å²) in [4.78, 5) is 12.5. The van der Waals surface area contributed by atoms with E-state index in [0.29, 0.717) is 5.56 Å². The number of hydrogen-bond acceptors (Lipinski definition) is 8. The van der Waals surface area contributed by atoms with Gasteiger partial charge in [0.1, 0.15) is 6.61 Å². The van der Waals surface area contributed by atoms with Gasteiger partial charge in [0.15, 0.2) is 5.66 Å². The maximum absolute atomic E-state index is 12.5. The van der Waals surface area contributed by atoms with Crippen LogP contribution in [0.25, 0.3) is 0 Å². The standard InChI is InChI=1S/C13H16F3N5O3S/c1-12(2)20-10(17)19-11(18)21(12)24-7-8-3-5-9(6-4-8)25(22,23)13(14,15)16/h3-6H,7H2,1-2H3,(H4,17,18,19,20). The predicted molar refractivity (Wildman–Crippen MR) is 83.6 cm³/mol. The Morgan fingerprint density at radius 1 is 1.20 bits per heavy atom. The van der Waals surface area contributed by atoms with Gasteiger partial charge in [0.2, 0.25) is 11.9 Å². The minimum Gasteiger partial charge on any atom is -0.368 e. The Morgan fingerprint density at radius 2 is 1.76 bits per heavy atom. The van der Waals surface area contributed by atoms with Crippen LogP contribution in [0.15, 0.2) is 39.1 Å². The molecule has 1 aromatic rings. The summed E-state index contributed by atoms with van der Waals surface area (Å²) in [6.07, 6.45) is 0. The minimum absolute atomic E-state index is 0.0101. The topological polar surface area (TPSA) is 123 Å². The molecule has 2 rings (SSSR count). The first-order chi connectivity index (χ1) is 11.3. The summed E-state index contributed by atoms with van der Waals surface area (Å²) in [6.45, 7) is 3.24. The van der Waals surface area contributed by atoms with E-state index in [9.17, 15) is 21.6 Å². The number of sulfone groups is 1. The molecule has 0 bridgehead atoms. The summed E-state index contributed by atoms with van der Waals surface area (Å²) in [5.41, 5.74) is 5.37. The van der Waals surface area contributed by atoms with Gasteiger partial charge in [0, 0.05) is 0 Å². The zero-order valence-electron chi connectivity index (χ0n) is 13.3. The molecule has 1 aromatic carbocycles. The van der Waals surface area contributed by atoms with Crippen molar-refractivity contribution >= 4 is 21.8 Å². The van der Waals surface area contributed by atoms with Crippen LogP contribution in [0.3, 0.4) is 0 Å². The highest BCUT2D eigenvalue weighted by Crippen LogP contribution is 2.30. The van der Waals surface area contributed by atoms with Gasteiger partial charge in [-0.3, -0.25) is 4.84 Å². The normalized spacial score (nSPS) is 17.9. The van der Waals surface area contributed by atoms with E-state index in [-0.39, 0.29) is 18.5 Å². The first kappa shape index (κ1) is 19.0. The number of nitrogens with two attached hydrogens (primary N) is 2. The molecule has 0 fully saturated rings. The monoisotopic (exact) mass is 379 g/mol. The van der Waals surface area contributed by atoms with Gasteiger partial charge in [-0.05, 0) is 31.5 Å². The van der Waals surface area contributed by atoms with Gasteiger partial charge in [-0.15, -0.1) is 0 Å². The molecule has 0 atom stereocenters. The summed E-state index contributed by atoms with van der Waals surface area (Å²) in [6, 6.07) is 4.13. The number of benzene rings is 1. The van der Waals surface area contributed by atoms with Crippen molar-refractivity contribution in [3.05, 3.63) is 29.8 Å². The summed E-state index contributed by atoms with van der Waals surface area (Å²) >= 11 is 0. The van der Waals surface area contributed by atoms with Gasteiger partial charge in [-0.2, -0.15) is 23.2 Å². The van der Waals surface area contributed by atoms with E-state index in [4.69, 9.17) is 16.3 Å². The second kappa shape index (κ2) is 6.19. The fourth-order valence-electron chi connectivity index (χ4n) is 2.06. The average molecular weight is 379 g/mol. The molecule has 0 saturated carbocycles. The molecule has 1 aliphatic heterocycles. The Kier molecular flexibility index (Phi) is 4.70. The number of hydroxylamine groups is 2. The van der Waals surface area contributed by atoms with E-state index in [2.05, 4.69) is 9.98 Å². The molecule has 0 saturated heterocycles. The first-order valence-corrected chi connectivity index (χ1v) is 8.36. The lowest BCUT2D eigenvalue weighted by Crippen LogP contribution is -2.53. The van der Waals surface area contributed by atoms with Crippen molar-refractivity contribution in [3.63, 3.8) is 0 Å². The summed E-state index contributed by atoms with van der Waals surface area (Å²) < 4.78 is 60.1. The molecular formula is C13H16F3N5O3S. The molecule has 0 radical (unpaired) electrons. The maximum atomic E-state index is 12.5. The van der Waals surface area contributed by atoms with Gasteiger partial charge in [0.25, 0.3) is 9.84 Å². The number of halogens is 3. The highest BCUT2D eigenvalue weighted by molar-refractivity contribution is 7.92. The molecule has 25 heavy (non-hydrogen) atoms. The van der Waals surface area contributed by atoms with Crippen molar-refractivity contribution in [3.8, 4) is 0 Å². The molecule has 8 nitrogen and oxygen atoms in total. The van der Waals surface area contributed by atoms with Crippen LogP contribution in [0.5, 0.6) is 0 Å². The van der Waals surface area contributed by atoms with Crippen molar-refractivity contribution in [1.82, 2.24) is 5.06 Å². The van der Waals surface area contributed by atoms with E-state index in [1.54, 1.807) is 13.8 Å². The van der Waals surface area contributed by atoms with E-state index in [1.165, 1.54) is 17.2 Å². The Hall–Kier alpha value is -2.34. The summed E-state index contributed by atoms with van der Waals surface area (Å²) in [5.74, 6) is -0.0437. The van der Waals surface area contributed by atoms with Crippen LogP contribution >= 0.6 is 0 Å². The van der Waals surface area contributed by atoms with E-state index in [1.807, 2.05) is 0 Å². The lowest BCUT2D eigenvalue weighted by atomic mass is 10.2. The van der Waals surface area contributed by atoms with Crippen LogP contribution in [0.1, 0.15) is 19.4 Å². The third-order valence-electron chi connectivity index (χ3n) is 3.22. The van der Waals surface area contributed by atoms with Gasteiger partial charge in [-0.25, -0.2) is 13.4 Å². The largest absolute Gasteiger partial charge is 0.501 e. The number of nitrogens with zero attached hydrogens (tertiary/aromatic N) is 3. The second-order valence-electron chi connectivity index (χ2n) is 5.60. The highest BCUT2D eigenvalue weighted by Gasteiger charge is 2.46. The van der Waals surface area contributed by atoms with Crippen molar-refractivity contribution in [2.24, 2.45) is 21.5 Å². The predicted octanol–water partition coefficient (Wildman–Crippen LogP) is 1.09. The molecule has 1 heterocycles. The number of guanidine groups is 2. The summed E-state index contributed by atoms with van der Waals surface area (Å²) in [5, 5.41) is 1.20. The molecule has 0 spiro atoms. The van der Waals surface area contributed by atoms with Gasteiger partial charge >= 0.3 is 5.51 Å². The van der Waals surface area contributed by atoms with Crippen molar-refractivity contribution in [1.29, 1.82) is 0 Å². The third kappa shape index (κ3) is 3.85. The van der Waals surface area contributed by atoms with Crippen molar-refractivity contribution < 1.29 is 26.4 Å². The number of aliphatic imine (C=N–C) groups is 2. The lowest BCUT2D eigenvalue weighted by molar-refractivity contribution is -0.166. The van der Waals surface area contributed by atoms with E-state index in [0.717, 1.165) is 12.1 Å². The molecule has 4 N–H and O–H groups in total. The first-order valence-electron chi connectivity index (χ1n) is 6.87. The molecule has 0 aromatic heterocycles. The van der Waals surface area contributed by atoms with Crippen molar-refractivity contribution in [2.45, 2.75) is 36.5 Å². The fourth-order valence-corrected chi connectivity index (χ4v) is 2.82. The minimum atomic E-state index is -5.38. The van der Waals surface area contributed by atoms with Crippen LogP contribution in [0, 0.1) is 0 Å². The van der Waals surface area contributed by atoms with E-state index >= 15 is 0 Å². The number of alkyl halides is 3. The van der Waals surface area contributed by atoms with Crippen LogP contribution in [-0.2, 0) is 21.3 Å². The number of rotatable bonds is 4. The Balaban J connectivity index is 2.12. The number of hydrogen-bond donors (Lipinski definition) is 2. The fraction of sp³-hybridized carbons (Fsp3) is 0.385. The van der Waals surface area contributed by atoms with E-state index < -0.39 is 25.9 Å². The maximum Gasteiger partial charge on any atom is 0.501 e. The molecule has 138 valence electrons. The highest BCUT2D eigenvalue weighted by atomic mass is 32.2. The van der Waals surface area contributed by atoms with Crippen LogP contribution in [-0.4, -0.2) is 36.6 Å². The lowest BCUT2D eigenvalue weighted by Gasteiger charge is -2.36. The SMILES string of the molecule is CC1(C)N=C(N)N=C(N)N1OCc1ccc(S(=O)(=O)C(F)(F)F)cc1. The second-order valence-corrected chi connectivity index (χ2v) is 7.54. The molecule has 0 amide bonds. The van der Waals surface area contributed by atoms with Crippen LogP contribution < -0.4 is 11.5 Å². The van der Waals surface area contributed by atoms with Gasteiger partial charge in [-0.1, -0.05) is 12.1 Å².